The van der Waals surface area contributed by atoms with Gasteiger partial charge in [0, 0.05) is 64.1 Å². The predicted octanol–water partition coefficient (Wildman–Crippen LogP) is 2.41. The number of β-amino-alcohol motifs (C(OH)–C–C–N with tert-alkyl or cyclic N) is 1. The number of piperazine rings is 1. The molecule has 8 heteroatoms. The lowest BCUT2D eigenvalue weighted by molar-refractivity contribution is 0.118. The number of benzene rings is 2. The molecule has 0 aliphatic carbocycles. The van der Waals surface area contributed by atoms with Gasteiger partial charge in [-0.2, -0.15) is 9.97 Å². The van der Waals surface area contributed by atoms with Gasteiger partial charge in [0.15, 0.2) is 0 Å². The summed E-state index contributed by atoms with van der Waals surface area (Å²) in [6.45, 7) is 6.68. The van der Waals surface area contributed by atoms with Crippen LogP contribution >= 0.6 is 0 Å². The highest BCUT2D eigenvalue weighted by atomic mass is 16.3. The van der Waals surface area contributed by atoms with E-state index < -0.39 is 6.10 Å². The van der Waals surface area contributed by atoms with Crippen LogP contribution in [-0.4, -0.2) is 78.4 Å². The third-order valence-corrected chi connectivity index (χ3v) is 6.57. The van der Waals surface area contributed by atoms with E-state index >= 15 is 0 Å². The first kappa shape index (κ1) is 21.7. The molecular weight excluding hydrogens is 414 g/mol. The van der Waals surface area contributed by atoms with Crippen molar-refractivity contribution in [2.45, 2.75) is 18.9 Å². The van der Waals surface area contributed by atoms with E-state index in [0.29, 0.717) is 18.9 Å². The monoisotopic (exact) mass is 447 g/mol. The molecular formula is C25H33N7O. The summed E-state index contributed by atoms with van der Waals surface area (Å²) < 4.78 is 0. The first-order valence-electron chi connectivity index (χ1n) is 11.9. The summed E-state index contributed by atoms with van der Waals surface area (Å²) in [6, 6.07) is 16.5. The Hall–Kier alpha value is -3.10. The van der Waals surface area contributed by atoms with Crippen molar-refractivity contribution in [2.75, 3.05) is 73.2 Å². The van der Waals surface area contributed by atoms with E-state index in [0.717, 1.165) is 56.7 Å². The normalized spacial score (nSPS) is 18.1. The van der Waals surface area contributed by atoms with Crippen molar-refractivity contribution in [1.82, 2.24) is 14.9 Å². The van der Waals surface area contributed by atoms with Gasteiger partial charge in [-0.3, -0.25) is 4.90 Å². The van der Waals surface area contributed by atoms with Gasteiger partial charge in [0.25, 0.3) is 0 Å². The van der Waals surface area contributed by atoms with Gasteiger partial charge in [-0.25, -0.2) is 0 Å². The Morgan fingerprint density at radius 1 is 0.879 bits per heavy atom. The molecule has 2 aromatic carbocycles. The number of hydrogen-bond acceptors (Lipinski definition) is 8. The van der Waals surface area contributed by atoms with Crippen LogP contribution < -0.4 is 20.9 Å². The Bertz CT molecular complexity index is 1080. The fraction of sp³-hybridized carbons (Fsp3) is 0.440. The lowest BCUT2D eigenvalue weighted by Gasteiger charge is -2.36. The van der Waals surface area contributed by atoms with Crippen molar-refractivity contribution in [3.05, 3.63) is 48.5 Å². The smallest absolute Gasteiger partial charge is 0.229 e. The summed E-state index contributed by atoms with van der Waals surface area (Å²) in [7, 11) is 0. The molecule has 4 N–H and O–H groups in total. The van der Waals surface area contributed by atoms with E-state index in [-0.39, 0.29) is 0 Å². The fourth-order valence-electron chi connectivity index (χ4n) is 4.72. The Kier molecular flexibility index (Phi) is 6.46. The minimum absolute atomic E-state index is 0.431. The molecule has 3 aromatic rings. The van der Waals surface area contributed by atoms with Crippen LogP contribution in [0.25, 0.3) is 10.8 Å². The van der Waals surface area contributed by atoms with E-state index in [1.54, 1.807) is 0 Å². The SMILES string of the molecule is Nc1cc(N2CCN(CC(O)CNc3ccc4ccccc4c3)CC2)nc(N2CCCC2)n1. The standard InChI is InChI=1S/C25H33N7O/c26-23-16-24(29-25(28-23)32-9-3-4-10-32)31-13-11-30(12-14-31)18-22(33)17-27-21-8-7-19-5-1-2-6-20(19)15-21/h1-2,5-8,15-16,22,27,33H,3-4,9-14,17-18H2,(H2,26,28,29). The number of nitrogens with two attached hydrogens (primary N) is 1. The molecule has 0 bridgehead atoms. The number of aliphatic hydroxyl groups is 1. The van der Waals surface area contributed by atoms with E-state index in [9.17, 15) is 5.11 Å². The molecule has 1 aromatic heterocycles. The van der Waals surface area contributed by atoms with Crippen LogP contribution in [0.4, 0.5) is 23.3 Å². The van der Waals surface area contributed by atoms with Gasteiger partial charge < -0.3 is 26.0 Å². The molecule has 2 aliphatic heterocycles. The molecule has 0 radical (unpaired) electrons. The van der Waals surface area contributed by atoms with E-state index in [2.05, 4.69) is 55.3 Å². The van der Waals surface area contributed by atoms with Gasteiger partial charge in [-0.1, -0.05) is 30.3 Å². The third kappa shape index (κ3) is 5.29. The number of fused-ring (bicyclic) bond motifs is 1. The van der Waals surface area contributed by atoms with Crippen LogP contribution in [-0.2, 0) is 0 Å². The first-order valence-corrected chi connectivity index (χ1v) is 11.9. The lowest BCUT2D eigenvalue weighted by atomic mass is 10.1. The largest absolute Gasteiger partial charge is 0.390 e. The molecule has 0 saturated carbocycles. The third-order valence-electron chi connectivity index (χ3n) is 6.57. The van der Waals surface area contributed by atoms with Crippen molar-refractivity contribution in [3.63, 3.8) is 0 Å². The maximum atomic E-state index is 10.6. The van der Waals surface area contributed by atoms with Crippen LogP contribution in [0.2, 0.25) is 0 Å². The first-order chi connectivity index (χ1) is 16.1. The summed E-state index contributed by atoms with van der Waals surface area (Å²) in [5.41, 5.74) is 7.12. The zero-order valence-electron chi connectivity index (χ0n) is 19.0. The average Bonchev–Trinajstić information content (AvgIpc) is 3.38. The fourth-order valence-corrected chi connectivity index (χ4v) is 4.72. The Morgan fingerprint density at radius 2 is 1.64 bits per heavy atom. The van der Waals surface area contributed by atoms with Crippen molar-refractivity contribution < 1.29 is 5.11 Å². The van der Waals surface area contributed by atoms with Crippen molar-refractivity contribution in [1.29, 1.82) is 0 Å². The highest BCUT2D eigenvalue weighted by molar-refractivity contribution is 5.85. The van der Waals surface area contributed by atoms with Crippen LogP contribution in [0.5, 0.6) is 0 Å². The Labute approximate surface area is 195 Å². The molecule has 5 rings (SSSR count). The number of aromatic nitrogens is 2. The van der Waals surface area contributed by atoms with Gasteiger partial charge in [-0.15, -0.1) is 0 Å². The van der Waals surface area contributed by atoms with E-state index in [1.165, 1.54) is 23.6 Å². The highest BCUT2D eigenvalue weighted by Gasteiger charge is 2.22. The molecule has 33 heavy (non-hydrogen) atoms. The predicted molar refractivity (Wildman–Crippen MR) is 135 cm³/mol. The second-order valence-corrected chi connectivity index (χ2v) is 9.03. The number of rotatable bonds is 7. The van der Waals surface area contributed by atoms with Gasteiger partial charge in [-0.05, 0) is 35.7 Å². The summed E-state index contributed by atoms with van der Waals surface area (Å²) in [5, 5.41) is 16.4. The number of nitrogens with zero attached hydrogens (tertiary/aromatic N) is 5. The highest BCUT2D eigenvalue weighted by Crippen LogP contribution is 2.23. The molecule has 1 unspecified atom stereocenters. The van der Waals surface area contributed by atoms with Crippen molar-refractivity contribution in [2.24, 2.45) is 0 Å². The Morgan fingerprint density at radius 3 is 2.42 bits per heavy atom. The quantitative estimate of drug-likeness (QED) is 0.508. The molecule has 1 atom stereocenters. The topological polar surface area (TPSA) is 93.8 Å². The number of anilines is 4. The summed E-state index contributed by atoms with van der Waals surface area (Å²) in [5.74, 6) is 2.18. The summed E-state index contributed by atoms with van der Waals surface area (Å²) >= 11 is 0. The van der Waals surface area contributed by atoms with E-state index in [1.807, 2.05) is 18.2 Å². The molecule has 174 valence electrons. The molecule has 0 spiro atoms. The zero-order chi connectivity index (χ0) is 22.6. The number of aliphatic hydroxyl groups excluding tert-OH is 1. The minimum Gasteiger partial charge on any atom is -0.390 e. The lowest BCUT2D eigenvalue weighted by Crippen LogP contribution is -2.49. The molecule has 2 aliphatic rings. The van der Waals surface area contributed by atoms with E-state index in [4.69, 9.17) is 10.7 Å². The maximum Gasteiger partial charge on any atom is 0.229 e. The molecule has 0 amide bonds. The number of nitrogens with one attached hydrogen (secondary N) is 1. The zero-order valence-corrected chi connectivity index (χ0v) is 19.0. The van der Waals surface area contributed by atoms with Crippen LogP contribution in [0, 0.1) is 0 Å². The Balaban J connectivity index is 1.11. The summed E-state index contributed by atoms with van der Waals surface area (Å²) in [6.07, 6.45) is 1.94. The van der Waals surface area contributed by atoms with Crippen LogP contribution in [0.15, 0.2) is 48.5 Å². The minimum atomic E-state index is -0.431. The second-order valence-electron chi connectivity index (χ2n) is 9.03. The van der Waals surface area contributed by atoms with Gasteiger partial charge in [0.05, 0.1) is 6.10 Å². The number of nitrogen functional groups attached to an aromatic ring is 1. The maximum absolute atomic E-state index is 10.6. The molecule has 2 fully saturated rings. The van der Waals surface area contributed by atoms with Gasteiger partial charge in [0.2, 0.25) is 5.95 Å². The van der Waals surface area contributed by atoms with Gasteiger partial charge in [0.1, 0.15) is 11.6 Å². The van der Waals surface area contributed by atoms with Crippen LogP contribution in [0.3, 0.4) is 0 Å². The molecule has 2 saturated heterocycles. The average molecular weight is 448 g/mol. The molecule has 8 nitrogen and oxygen atoms in total. The van der Waals surface area contributed by atoms with Crippen molar-refractivity contribution >= 4 is 34.0 Å². The second kappa shape index (κ2) is 9.80. The van der Waals surface area contributed by atoms with Crippen molar-refractivity contribution in [3.8, 4) is 0 Å². The van der Waals surface area contributed by atoms with Crippen LogP contribution in [0.1, 0.15) is 12.8 Å². The van der Waals surface area contributed by atoms with Gasteiger partial charge >= 0.3 is 0 Å². The number of hydrogen-bond donors (Lipinski definition) is 3. The molecule has 3 heterocycles. The summed E-state index contributed by atoms with van der Waals surface area (Å²) in [4.78, 5) is 16.0.